The van der Waals surface area contributed by atoms with Gasteiger partial charge in [0.1, 0.15) is 5.76 Å². The average molecular weight is 429 g/mol. The lowest BCUT2D eigenvalue weighted by molar-refractivity contribution is -0.126. The van der Waals surface area contributed by atoms with Crippen LogP contribution in [-0.4, -0.2) is 35.2 Å². The van der Waals surface area contributed by atoms with Gasteiger partial charge in [0.2, 0.25) is 11.7 Å². The summed E-state index contributed by atoms with van der Waals surface area (Å²) in [6, 6.07) is 11.8. The molecule has 0 saturated carbocycles. The van der Waals surface area contributed by atoms with Gasteiger partial charge in [-0.25, -0.2) is 0 Å². The second-order valence-corrected chi connectivity index (χ2v) is 8.13. The highest BCUT2D eigenvalue weighted by atomic mass is 35.5. The molecule has 0 unspecified atom stereocenters. The molecule has 158 valence electrons. The Bertz CT molecular complexity index is 947. The Labute approximate surface area is 180 Å². The minimum Gasteiger partial charge on any atom is -0.469 e. The maximum atomic E-state index is 12.6. The van der Waals surface area contributed by atoms with Crippen molar-refractivity contribution >= 4 is 23.5 Å². The number of amides is 1. The van der Waals surface area contributed by atoms with Gasteiger partial charge in [0.25, 0.3) is 0 Å². The summed E-state index contributed by atoms with van der Waals surface area (Å²) in [5.74, 6) is 1.61. The van der Waals surface area contributed by atoms with E-state index in [1.165, 1.54) is 0 Å². The summed E-state index contributed by atoms with van der Waals surface area (Å²) in [6.45, 7) is 3.45. The van der Waals surface area contributed by atoms with Crippen LogP contribution in [0.2, 0.25) is 5.02 Å². The summed E-state index contributed by atoms with van der Waals surface area (Å²) in [5, 5.41) is 7.87. The van der Waals surface area contributed by atoms with Gasteiger partial charge >= 0.3 is 6.01 Å². The van der Waals surface area contributed by atoms with Crippen molar-refractivity contribution in [2.75, 3.05) is 18.0 Å². The molecule has 1 fully saturated rings. The van der Waals surface area contributed by atoms with Crippen molar-refractivity contribution in [2.24, 2.45) is 5.92 Å². The second kappa shape index (κ2) is 9.34. The fourth-order valence-corrected chi connectivity index (χ4v) is 3.77. The van der Waals surface area contributed by atoms with Crippen LogP contribution in [-0.2, 0) is 11.2 Å². The van der Waals surface area contributed by atoms with E-state index in [0.29, 0.717) is 30.0 Å². The van der Waals surface area contributed by atoms with E-state index in [4.69, 9.17) is 20.5 Å². The average Bonchev–Trinajstić information content (AvgIpc) is 3.45. The SMILES string of the molecule is C[C@@H](CCc1ccco1)NC(=O)C1CCN(c2nc(-c3ccc(Cl)cc3)no2)CC1. The van der Waals surface area contributed by atoms with Crippen LogP contribution in [0.15, 0.2) is 51.6 Å². The molecule has 0 radical (unpaired) electrons. The van der Waals surface area contributed by atoms with E-state index in [0.717, 1.165) is 37.0 Å². The Morgan fingerprint density at radius 3 is 2.73 bits per heavy atom. The maximum absolute atomic E-state index is 12.6. The third-order valence-corrected chi connectivity index (χ3v) is 5.70. The summed E-state index contributed by atoms with van der Waals surface area (Å²) in [6.07, 6.45) is 4.87. The van der Waals surface area contributed by atoms with Gasteiger partial charge in [-0.3, -0.25) is 4.79 Å². The molecule has 1 atom stereocenters. The number of halogens is 1. The first kappa shape index (κ1) is 20.5. The number of nitrogens with one attached hydrogen (secondary N) is 1. The predicted octanol–water partition coefficient (Wildman–Crippen LogP) is 4.34. The number of carbonyl (C=O) groups excluding carboxylic acids is 1. The van der Waals surface area contributed by atoms with Crippen molar-refractivity contribution in [1.82, 2.24) is 15.5 Å². The Kier molecular flexibility index (Phi) is 6.38. The number of hydrogen-bond donors (Lipinski definition) is 1. The van der Waals surface area contributed by atoms with Crippen LogP contribution >= 0.6 is 11.6 Å². The van der Waals surface area contributed by atoms with Gasteiger partial charge in [0.05, 0.1) is 6.26 Å². The molecule has 0 bridgehead atoms. The lowest BCUT2D eigenvalue weighted by atomic mass is 9.95. The number of rotatable bonds is 7. The molecule has 30 heavy (non-hydrogen) atoms. The van der Waals surface area contributed by atoms with E-state index in [-0.39, 0.29) is 17.9 Å². The Morgan fingerprint density at radius 1 is 1.27 bits per heavy atom. The number of nitrogens with zero attached hydrogens (tertiary/aromatic N) is 3. The number of aromatic nitrogens is 2. The first-order valence-electron chi connectivity index (χ1n) is 10.3. The Hall–Kier alpha value is -2.80. The Balaban J connectivity index is 1.25. The van der Waals surface area contributed by atoms with E-state index < -0.39 is 0 Å². The van der Waals surface area contributed by atoms with Crippen LogP contribution < -0.4 is 10.2 Å². The molecule has 8 heteroatoms. The largest absolute Gasteiger partial charge is 0.469 e. The van der Waals surface area contributed by atoms with E-state index in [1.54, 1.807) is 18.4 Å². The molecule has 1 aliphatic rings. The van der Waals surface area contributed by atoms with Gasteiger partial charge in [-0.2, -0.15) is 4.98 Å². The van der Waals surface area contributed by atoms with Crippen molar-refractivity contribution in [2.45, 2.75) is 38.6 Å². The number of benzene rings is 1. The molecule has 2 aromatic heterocycles. The Morgan fingerprint density at radius 2 is 2.03 bits per heavy atom. The molecular formula is C22H25ClN4O3. The maximum Gasteiger partial charge on any atom is 0.324 e. The standard InChI is InChI=1S/C22H25ClN4O3/c1-15(4-9-19-3-2-14-29-19)24-21(28)17-10-12-27(13-11-17)22-25-20(26-30-22)16-5-7-18(23)8-6-16/h2-3,5-8,14-15,17H,4,9-13H2,1H3,(H,24,28)/t15-/m0/s1. The highest BCUT2D eigenvalue weighted by molar-refractivity contribution is 6.30. The van der Waals surface area contributed by atoms with Crippen LogP contribution in [0.25, 0.3) is 11.4 Å². The normalized spacial score (nSPS) is 15.9. The molecule has 3 heterocycles. The van der Waals surface area contributed by atoms with E-state index >= 15 is 0 Å². The van der Waals surface area contributed by atoms with Gasteiger partial charge in [0.15, 0.2) is 0 Å². The van der Waals surface area contributed by atoms with Crippen LogP contribution in [0.3, 0.4) is 0 Å². The summed E-state index contributed by atoms with van der Waals surface area (Å²) < 4.78 is 10.8. The first-order valence-corrected chi connectivity index (χ1v) is 10.6. The first-order chi connectivity index (χ1) is 14.6. The molecule has 3 aromatic rings. The number of anilines is 1. The van der Waals surface area contributed by atoms with Gasteiger partial charge in [-0.1, -0.05) is 16.8 Å². The zero-order valence-electron chi connectivity index (χ0n) is 16.9. The summed E-state index contributed by atoms with van der Waals surface area (Å²) in [7, 11) is 0. The smallest absolute Gasteiger partial charge is 0.324 e. The van der Waals surface area contributed by atoms with Crippen molar-refractivity contribution in [3.05, 3.63) is 53.4 Å². The molecular weight excluding hydrogens is 404 g/mol. The highest BCUT2D eigenvalue weighted by Gasteiger charge is 2.28. The van der Waals surface area contributed by atoms with E-state index in [1.807, 2.05) is 36.1 Å². The van der Waals surface area contributed by atoms with Crippen LogP contribution in [0, 0.1) is 5.92 Å². The van der Waals surface area contributed by atoms with Crippen molar-refractivity contribution < 1.29 is 13.7 Å². The van der Waals surface area contributed by atoms with Gasteiger partial charge in [-0.15, -0.1) is 0 Å². The molecule has 1 aliphatic heterocycles. The lowest BCUT2D eigenvalue weighted by Crippen LogP contribution is -2.43. The third kappa shape index (κ3) is 5.02. The molecule has 0 aliphatic carbocycles. The minimum absolute atomic E-state index is 0.00553. The number of hydrogen-bond acceptors (Lipinski definition) is 6. The number of carbonyl (C=O) groups is 1. The summed E-state index contributed by atoms with van der Waals surface area (Å²) in [4.78, 5) is 19.1. The molecule has 1 amide bonds. The fourth-order valence-electron chi connectivity index (χ4n) is 3.64. The second-order valence-electron chi connectivity index (χ2n) is 7.70. The van der Waals surface area contributed by atoms with E-state index in [9.17, 15) is 4.79 Å². The number of aryl methyl sites for hydroxylation is 1. The fraction of sp³-hybridized carbons (Fsp3) is 0.409. The quantitative estimate of drug-likeness (QED) is 0.602. The molecule has 1 aromatic carbocycles. The lowest BCUT2D eigenvalue weighted by Gasteiger charge is -2.30. The van der Waals surface area contributed by atoms with Crippen LogP contribution in [0.5, 0.6) is 0 Å². The van der Waals surface area contributed by atoms with Crippen molar-refractivity contribution in [1.29, 1.82) is 0 Å². The van der Waals surface area contributed by atoms with Crippen LogP contribution in [0.4, 0.5) is 6.01 Å². The van der Waals surface area contributed by atoms with Gasteiger partial charge < -0.3 is 19.2 Å². The minimum atomic E-state index is 0.00553. The summed E-state index contributed by atoms with van der Waals surface area (Å²) >= 11 is 5.93. The highest BCUT2D eigenvalue weighted by Crippen LogP contribution is 2.25. The molecule has 1 N–H and O–H groups in total. The summed E-state index contributed by atoms with van der Waals surface area (Å²) in [5.41, 5.74) is 0.854. The number of piperidine rings is 1. The zero-order valence-corrected chi connectivity index (χ0v) is 17.6. The zero-order chi connectivity index (χ0) is 20.9. The molecule has 7 nitrogen and oxygen atoms in total. The predicted molar refractivity (Wildman–Crippen MR) is 114 cm³/mol. The van der Waals surface area contributed by atoms with E-state index in [2.05, 4.69) is 15.5 Å². The van der Waals surface area contributed by atoms with Gasteiger partial charge in [-0.05, 0) is 62.6 Å². The third-order valence-electron chi connectivity index (χ3n) is 5.45. The van der Waals surface area contributed by atoms with Crippen LogP contribution in [0.1, 0.15) is 31.9 Å². The molecule has 4 rings (SSSR count). The topological polar surface area (TPSA) is 84.4 Å². The monoisotopic (exact) mass is 428 g/mol. The molecule has 1 saturated heterocycles. The number of furan rings is 1. The van der Waals surface area contributed by atoms with Crippen molar-refractivity contribution in [3.63, 3.8) is 0 Å². The van der Waals surface area contributed by atoms with Crippen molar-refractivity contribution in [3.8, 4) is 11.4 Å². The van der Waals surface area contributed by atoms with Gasteiger partial charge in [0, 0.05) is 42.1 Å². The molecule has 0 spiro atoms.